The first kappa shape index (κ1) is 14.1. The lowest BCUT2D eigenvalue weighted by Crippen LogP contribution is -2.45. The lowest BCUT2D eigenvalue weighted by molar-refractivity contribution is -0.130. The molecular weight excluding hydrogens is 284 g/mol. The number of carbonyl (C=O) groups is 1. The Morgan fingerprint density at radius 3 is 2.73 bits per heavy atom. The van der Waals surface area contributed by atoms with E-state index < -0.39 is 6.10 Å². The van der Waals surface area contributed by atoms with Crippen LogP contribution in [0.4, 0.5) is 5.95 Å². The fourth-order valence-corrected chi connectivity index (χ4v) is 2.01. The van der Waals surface area contributed by atoms with Crippen molar-refractivity contribution in [2.24, 2.45) is 0 Å². The largest absolute Gasteiger partial charge is 0.485 e. The predicted octanol–water partition coefficient (Wildman–Crippen LogP) is 0.845. The molecule has 0 fully saturated rings. The molecule has 1 aromatic carbocycles. The maximum Gasteiger partial charge on any atom is 0.264 e. The van der Waals surface area contributed by atoms with E-state index in [2.05, 4.69) is 20.6 Å². The Morgan fingerprint density at radius 2 is 1.91 bits per heavy atom. The monoisotopic (exact) mass is 300 g/mol. The third-order valence-electron chi connectivity index (χ3n) is 3.07. The zero-order valence-corrected chi connectivity index (χ0v) is 11.9. The second-order valence-corrected chi connectivity index (χ2v) is 4.65. The van der Waals surface area contributed by atoms with E-state index in [1.807, 2.05) is 18.2 Å². The number of aromatic nitrogens is 2. The third-order valence-corrected chi connectivity index (χ3v) is 3.07. The molecule has 0 aliphatic carbocycles. The van der Waals surface area contributed by atoms with E-state index in [0.29, 0.717) is 30.5 Å². The zero-order valence-electron chi connectivity index (χ0n) is 11.9. The molecule has 7 heteroatoms. The van der Waals surface area contributed by atoms with Crippen LogP contribution < -0.4 is 20.1 Å². The molecule has 2 aromatic rings. The fraction of sp³-hybridized carbons (Fsp3) is 0.267. The summed E-state index contributed by atoms with van der Waals surface area (Å²) in [7, 11) is 0. The number of carbonyl (C=O) groups excluding carboxylic acids is 1. The van der Waals surface area contributed by atoms with Crippen LogP contribution in [-0.4, -0.2) is 41.7 Å². The van der Waals surface area contributed by atoms with E-state index in [-0.39, 0.29) is 12.5 Å². The molecule has 0 unspecified atom stereocenters. The lowest BCUT2D eigenvalue weighted by atomic mass is 10.2. The molecule has 0 radical (unpaired) electrons. The van der Waals surface area contributed by atoms with Gasteiger partial charge in [0.15, 0.2) is 11.5 Å². The van der Waals surface area contributed by atoms with E-state index in [0.717, 1.165) is 0 Å². The van der Waals surface area contributed by atoms with Crippen molar-refractivity contribution in [1.29, 1.82) is 0 Å². The van der Waals surface area contributed by atoms with Crippen molar-refractivity contribution in [2.45, 2.75) is 6.10 Å². The molecule has 3 rings (SSSR count). The summed E-state index contributed by atoms with van der Waals surface area (Å²) < 4.78 is 11.1. The maximum absolute atomic E-state index is 12.0. The van der Waals surface area contributed by atoms with Crippen LogP contribution in [-0.2, 0) is 4.79 Å². The molecule has 2 heterocycles. The standard InChI is InChI=1S/C15H16N4O3/c20-14(16-8-9-19-15-17-6-3-7-18-15)13-10-21-11-4-1-2-5-12(11)22-13/h1-7,13H,8-10H2,(H,16,20)(H,17,18,19)/t13-/m0/s1. The van der Waals surface area contributed by atoms with Gasteiger partial charge in [-0.1, -0.05) is 12.1 Å². The summed E-state index contributed by atoms with van der Waals surface area (Å²) >= 11 is 0. The highest BCUT2D eigenvalue weighted by Gasteiger charge is 2.26. The Kier molecular flexibility index (Phi) is 4.33. The number of nitrogens with zero attached hydrogens (tertiary/aromatic N) is 2. The van der Waals surface area contributed by atoms with E-state index in [9.17, 15) is 4.79 Å². The molecule has 7 nitrogen and oxygen atoms in total. The van der Waals surface area contributed by atoms with Crippen LogP contribution in [0.2, 0.25) is 0 Å². The minimum Gasteiger partial charge on any atom is -0.485 e. The first-order valence-electron chi connectivity index (χ1n) is 7.00. The van der Waals surface area contributed by atoms with Gasteiger partial charge < -0.3 is 20.1 Å². The number of anilines is 1. The van der Waals surface area contributed by atoms with Crippen LogP contribution in [0.5, 0.6) is 11.5 Å². The van der Waals surface area contributed by atoms with Crippen LogP contribution in [0.25, 0.3) is 0 Å². The van der Waals surface area contributed by atoms with Crippen LogP contribution in [0.3, 0.4) is 0 Å². The van der Waals surface area contributed by atoms with Crippen molar-refractivity contribution in [3.05, 3.63) is 42.7 Å². The number of amides is 1. The molecule has 1 aliphatic heterocycles. The lowest BCUT2D eigenvalue weighted by Gasteiger charge is -2.25. The van der Waals surface area contributed by atoms with E-state index in [1.165, 1.54) is 0 Å². The van der Waals surface area contributed by atoms with Crippen LogP contribution in [0, 0.1) is 0 Å². The number of ether oxygens (including phenoxy) is 2. The van der Waals surface area contributed by atoms with Gasteiger partial charge in [0.1, 0.15) is 6.61 Å². The third kappa shape index (κ3) is 3.43. The van der Waals surface area contributed by atoms with E-state index in [4.69, 9.17) is 9.47 Å². The summed E-state index contributed by atoms with van der Waals surface area (Å²) in [5, 5.41) is 5.80. The normalized spacial score (nSPS) is 15.9. The van der Waals surface area contributed by atoms with Gasteiger partial charge in [-0.3, -0.25) is 4.79 Å². The summed E-state index contributed by atoms with van der Waals surface area (Å²) in [6, 6.07) is 9.04. The Hall–Kier alpha value is -2.83. The minimum absolute atomic E-state index is 0.203. The quantitative estimate of drug-likeness (QED) is 0.796. The Labute approximate surface area is 127 Å². The SMILES string of the molecule is O=C(NCCNc1ncccn1)[C@@H]1COc2ccccc2O1. The van der Waals surface area contributed by atoms with Crippen molar-refractivity contribution in [1.82, 2.24) is 15.3 Å². The predicted molar refractivity (Wildman–Crippen MR) is 79.9 cm³/mol. The summed E-state index contributed by atoms with van der Waals surface area (Å²) in [6.45, 7) is 1.18. The van der Waals surface area contributed by atoms with Gasteiger partial charge in [0.05, 0.1) is 0 Å². The molecule has 1 atom stereocenters. The molecule has 2 N–H and O–H groups in total. The highest BCUT2D eigenvalue weighted by Crippen LogP contribution is 2.30. The summed E-state index contributed by atoms with van der Waals surface area (Å²) in [5.74, 6) is 1.58. The molecule has 1 amide bonds. The maximum atomic E-state index is 12.0. The van der Waals surface area contributed by atoms with Gasteiger partial charge in [-0.25, -0.2) is 9.97 Å². The Balaban J connectivity index is 1.43. The topological polar surface area (TPSA) is 85.4 Å². The molecular formula is C15H16N4O3. The van der Waals surface area contributed by atoms with Gasteiger partial charge in [0.25, 0.3) is 5.91 Å². The number of rotatable bonds is 5. The summed E-state index contributed by atoms with van der Waals surface area (Å²) in [4.78, 5) is 20.1. The Morgan fingerprint density at radius 1 is 1.14 bits per heavy atom. The first-order chi connectivity index (χ1) is 10.8. The van der Waals surface area contributed by atoms with Gasteiger partial charge in [0.2, 0.25) is 12.1 Å². The molecule has 114 valence electrons. The molecule has 0 spiro atoms. The second kappa shape index (κ2) is 6.75. The summed E-state index contributed by atoms with van der Waals surface area (Å²) in [5.41, 5.74) is 0. The van der Waals surface area contributed by atoms with Gasteiger partial charge in [-0.15, -0.1) is 0 Å². The fourth-order valence-electron chi connectivity index (χ4n) is 2.01. The van der Waals surface area contributed by atoms with Crippen molar-refractivity contribution in [3.8, 4) is 11.5 Å². The van der Waals surface area contributed by atoms with Crippen molar-refractivity contribution < 1.29 is 14.3 Å². The summed E-state index contributed by atoms with van der Waals surface area (Å²) in [6.07, 6.45) is 2.67. The Bertz CT molecular complexity index is 636. The molecule has 1 aromatic heterocycles. The van der Waals surface area contributed by atoms with Crippen molar-refractivity contribution >= 4 is 11.9 Å². The first-order valence-corrected chi connectivity index (χ1v) is 7.00. The number of fused-ring (bicyclic) bond motifs is 1. The smallest absolute Gasteiger partial charge is 0.264 e. The minimum atomic E-state index is -0.636. The van der Waals surface area contributed by atoms with Crippen molar-refractivity contribution in [2.75, 3.05) is 25.0 Å². The molecule has 22 heavy (non-hydrogen) atoms. The highest BCUT2D eigenvalue weighted by molar-refractivity contribution is 5.81. The second-order valence-electron chi connectivity index (χ2n) is 4.65. The van der Waals surface area contributed by atoms with E-state index >= 15 is 0 Å². The number of para-hydroxylation sites is 2. The number of hydrogen-bond donors (Lipinski definition) is 2. The van der Waals surface area contributed by atoms with Gasteiger partial charge in [-0.2, -0.15) is 0 Å². The van der Waals surface area contributed by atoms with Gasteiger partial charge in [0, 0.05) is 25.5 Å². The number of hydrogen-bond acceptors (Lipinski definition) is 6. The van der Waals surface area contributed by atoms with Crippen molar-refractivity contribution in [3.63, 3.8) is 0 Å². The average molecular weight is 300 g/mol. The van der Waals surface area contributed by atoms with E-state index in [1.54, 1.807) is 24.5 Å². The van der Waals surface area contributed by atoms with Crippen LogP contribution in [0.15, 0.2) is 42.7 Å². The highest BCUT2D eigenvalue weighted by atomic mass is 16.6. The zero-order chi connectivity index (χ0) is 15.2. The average Bonchev–Trinajstić information content (AvgIpc) is 2.59. The molecule has 0 bridgehead atoms. The molecule has 0 saturated heterocycles. The van der Waals surface area contributed by atoms with Crippen LogP contribution >= 0.6 is 0 Å². The van der Waals surface area contributed by atoms with Gasteiger partial charge >= 0.3 is 0 Å². The number of benzene rings is 1. The molecule has 0 saturated carbocycles. The number of nitrogens with one attached hydrogen (secondary N) is 2. The molecule has 1 aliphatic rings. The van der Waals surface area contributed by atoms with Gasteiger partial charge in [-0.05, 0) is 18.2 Å². The van der Waals surface area contributed by atoms with Crippen LogP contribution in [0.1, 0.15) is 0 Å².